The van der Waals surface area contributed by atoms with Crippen molar-refractivity contribution in [2.45, 2.75) is 45.7 Å². The lowest BCUT2D eigenvalue weighted by Crippen LogP contribution is -2.30. The van der Waals surface area contributed by atoms with Crippen LogP contribution in [-0.4, -0.2) is 21.5 Å². The van der Waals surface area contributed by atoms with Crippen LogP contribution in [-0.2, 0) is 17.2 Å². The molecular weight excluding hydrogens is 274 g/mol. The Balaban J connectivity index is 2.22. The van der Waals surface area contributed by atoms with Crippen LogP contribution in [0.2, 0.25) is 0 Å². The largest absolute Gasteiger partial charge is 0.354 e. The van der Waals surface area contributed by atoms with E-state index in [0.29, 0.717) is 18.8 Å². The zero-order chi connectivity index (χ0) is 14.7. The molecule has 0 aliphatic carbocycles. The van der Waals surface area contributed by atoms with Gasteiger partial charge in [0.25, 0.3) is 0 Å². The van der Waals surface area contributed by atoms with Gasteiger partial charge in [-0.1, -0.05) is 6.07 Å². The Kier molecular flexibility index (Phi) is 4.65. The number of amides is 1. The van der Waals surface area contributed by atoms with Crippen LogP contribution in [0.25, 0.3) is 11.0 Å². The Hall–Kier alpha value is -1.55. The van der Waals surface area contributed by atoms with Gasteiger partial charge in [0.15, 0.2) is 0 Å². The number of aromatic nitrogens is 2. The molecule has 1 aromatic carbocycles. The highest BCUT2D eigenvalue weighted by Gasteiger charge is 2.11. The highest BCUT2D eigenvalue weighted by Crippen LogP contribution is 2.19. The third-order valence-electron chi connectivity index (χ3n) is 3.11. The highest BCUT2D eigenvalue weighted by molar-refractivity contribution is 6.16. The van der Waals surface area contributed by atoms with E-state index >= 15 is 0 Å². The second-order valence-electron chi connectivity index (χ2n) is 5.28. The predicted octanol–water partition coefficient (Wildman–Crippen LogP) is 3.00. The molecule has 0 aliphatic rings. The normalized spacial score (nSPS) is 11.2. The van der Waals surface area contributed by atoms with E-state index in [2.05, 4.69) is 10.3 Å². The fourth-order valence-corrected chi connectivity index (χ4v) is 2.45. The Morgan fingerprint density at radius 3 is 2.85 bits per heavy atom. The molecule has 0 radical (unpaired) electrons. The van der Waals surface area contributed by atoms with Crippen molar-refractivity contribution in [1.82, 2.24) is 14.9 Å². The SMILES string of the molecule is Cc1ccc2c(c1)nc(CCl)n2CCC(=O)NC(C)C. The van der Waals surface area contributed by atoms with Crippen LogP contribution in [0.15, 0.2) is 18.2 Å². The summed E-state index contributed by atoms with van der Waals surface area (Å²) in [6.07, 6.45) is 0.432. The number of imidazole rings is 1. The number of benzene rings is 1. The summed E-state index contributed by atoms with van der Waals surface area (Å²) in [5, 5.41) is 2.89. The number of hydrogen-bond acceptors (Lipinski definition) is 2. The van der Waals surface area contributed by atoms with Gasteiger partial charge in [0.1, 0.15) is 5.82 Å². The van der Waals surface area contributed by atoms with Crippen LogP contribution in [0.5, 0.6) is 0 Å². The maximum absolute atomic E-state index is 11.8. The molecule has 1 N–H and O–H groups in total. The minimum Gasteiger partial charge on any atom is -0.354 e. The molecule has 0 unspecified atom stereocenters. The smallest absolute Gasteiger partial charge is 0.221 e. The predicted molar refractivity (Wildman–Crippen MR) is 81.9 cm³/mol. The lowest BCUT2D eigenvalue weighted by Gasteiger charge is -2.10. The minimum atomic E-state index is 0.0504. The molecular formula is C15H20ClN3O. The van der Waals surface area contributed by atoms with Crippen LogP contribution in [0.3, 0.4) is 0 Å². The van der Waals surface area contributed by atoms with Crippen molar-refractivity contribution >= 4 is 28.5 Å². The molecule has 108 valence electrons. The van der Waals surface area contributed by atoms with Gasteiger partial charge in [-0.05, 0) is 38.5 Å². The van der Waals surface area contributed by atoms with Crippen LogP contribution >= 0.6 is 11.6 Å². The highest BCUT2D eigenvalue weighted by atomic mass is 35.5. The van der Waals surface area contributed by atoms with Gasteiger partial charge >= 0.3 is 0 Å². The molecule has 2 rings (SSSR count). The number of hydrogen-bond donors (Lipinski definition) is 1. The van der Waals surface area contributed by atoms with Crippen LogP contribution in [0, 0.1) is 6.92 Å². The number of carbonyl (C=O) groups is 1. The molecule has 1 amide bonds. The summed E-state index contributed by atoms with van der Waals surface area (Å²) in [5.41, 5.74) is 3.13. The first-order valence-corrected chi connectivity index (χ1v) is 7.36. The lowest BCUT2D eigenvalue weighted by atomic mass is 10.2. The second-order valence-corrected chi connectivity index (χ2v) is 5.54. The molecule has 0 saturated heterocycles. The molecule has 0 spiro atoms. The zero-order valence-electron chi connectivity index (χ0n) is 12.1. The second kappa shape index (κ2) is 6.27. The van der Waals surface area contributed by atoms with E-state index in [9.17, 15) is 4.79 Å². The number of carbonyl (C=O) groups excluding carboxylic acids is 1. The van der Waals surface area contributed by atoms with Crippen LogP contribution in [0.1, 0.15) is 31.7 Å². The molecule has 0 fully saturated rings. The van der Waals surface area contributed by atoms with Crippen molar-refractivity contribution in [3.8, 4) is 0 Å². The summed E-state index contributed by atoms with van der Waals surface area (Å²) < 4.78 is 2.03. The average molecular weight is 294 g/mol. The van der Waals surface area contributed by atoms with Crippen molar-refractivity contribution in [3.05, 3.63) is 29.6 Å². The van der Waals surface area contributed by atoms with Gasteiger partial charge in [0, 0.05) is 19.0 Å². The monoisotopic (exact) mass is 293 g/mol. The molecule has 0 atom stereocenters. The Morgan fingerprint density at radius 1 is 1.45 bits per heavy atom. The molecule has 0 aliphatic heterocycles. The van der Waals surface area contributed by atoms with Gasteiger partial charge in [-0.15, -0.1) is 11.6 Å². The maximum Gasteiger partial charge on any atom is 0.221 e. The standard InChI is InChI=1S/C15H20ClN3O/c1-10(2)17-15(20)6-7-19-13-5-4-11(3)8-12(13)18-14(19)9-16/h4-5,8,10H,6-7,9H2,1-3H3,(H,17,20). The summed E-state index contributed by atoms with van der Waals surface area (Å²) >= 11 is 5.96. The molecule has 4 nitrogen and oxygen atoms in total. The van der Waals surface area contributed by atoms with E-state index in [4.69, 9.17) is 11.6 Å². The summed E-state index contributed by atoms with van der Waals surface area (Å²) in [7, 11) is 0. The first-order chi connectivity index (χ1) is 9.51. The van der Waals surface area contributed by atoms with Gasteiger partial charge < -0.3 is 9.88 Å². The number of nitrogens with zero attached hydrogens (tertiary/aromatic N) is 2. The van der Waals surface area contributed by atoms with Gasteiger partial charge in [0.05, 0.1) is 16.9 Å². The van der Waals surface area contributed by atoms with E-state index in [-0.39, 0.29) is 11.9 Å². The molecule has 5 heteroatoms. The number of aryl methyl sites for hydroxylation is 2. The molecule has 1 aromatic heterocycles. The molecule has 0 bridgehead atoms. The van der Waals surface area contributed by atoms with Crippen molar-refractivity contribution < 1.29 is 4.79 Å². The minimum absolute atomic E-state index is 0.0504. The average Bonchev–Trinajstić information content (AvgIpc) is 2.72. The zero-order valence-corrected chi connectivity index (χ0v) is 12.9. The number of fused-ring (bicyclic) bond motifs is 1. The lowest BCUT2D eigenvalue weighted by molar-refractivity contribution is -0.121. The summed E-state index contributed by atoms with van der Waals surface area (Å²) in [4.78, 5) is 16.3. The van der Waals surface area contributed by atoms with E-state index < -0.39 is 0 Å². The van der Waals surface area contributed by atoms with E-state index in [0.717, 1.165) is 16.9 Å². The Morgan fingerprint density at radius 2 is 2.20 bits per heavy atom. The first kappa shape index (κ1) is 14.9. The van der Waals surface area contributed by atoms with Crippen molar-refractivity contribution in [3.63, 3.8) is 0 Å². The van der Waals surface area contributed by atoms with Gasteiger partial charge in [0.2, 0.25) is 5.91 Å². The van der Waals surface area contributed by atoms with Crippen molar-refractivity contribution in [2.75, 3.05) is 0 Å². The van der Waals surface area contributed by atoms with Gasteiger partial charge in [-0.25, -0.2) is 4.98 Å². The van der Waals surface area contributed by atoms with Crippen molar-refractivity contribution in [2.24, 2.45) is 0 Å². The molecule has 2 aromatic rings. The number of alkyl halides is 1. The summed E-state index contributed by atoms with van der Waals surface area (Å²) in [5.74, 6) is 1.21. The van der Waals surface area contributed by atoms with Gasteiger partial charge in [-0.3, -0.25) is 4.79 Å². The quantitative estimate of drug-likeness (QED) is 0.862. The molecule has 20 heavy (non-hydrogen) atoms. The molecule has 1 heterocycles. The Labute approximate surface area is 124 Å². The third-order valence-corrected chi connectivity index (χ3v) is 3.35. The van der Waals surface area contributed by atoms with E-state index in [1.807, 2.05) is 43.5 Å². The van der Waals surface area contributed by atoms with Crippen molar-refractivity contribution in [1.29, 1.82) is 0 Å². The van der Waals surface area contributed by atoms with Gasteiger partial charge in [-0.2, -0.15) is 0 Å². The third kappa shape index (κ3) is 3.31. The number of rotatable bonds is 5. The fraction of sp³-hybridized carbons (Fsp3) is 0.467. The Bertz CT molecular complexity index is 619. The summed E-state index contributed by atoms with van der Waals surface area (Å²) in [6, 6.07) is 6.29. The van der Waals surface area contributed by atoms with Crippen LogP contribution in [0.4, 0.5) is 0 Å². The van der Waals surface area contributed by atoms with E-state index in [1.165, 1.54) is 5.56 Å². The fourth-order valence-electron chi connectivity index (χ4n) is 2.25. The number of halogens is 1. The van der Waals surface area contributed by atoms with E-state index in [1.54, 1.807) is 0 Å². The number of nitrogens with one attached hydrogen (secondary N) is 1. The first-order valence-electron chi connectivity index (χ1n) is 6.82. The maximum atomic E-state index is 11.8. The molecule has 0 saturated carbocycles. The van der Waals surface area contributed by atoms with Crippen LogP contribution < -0.4 is 5.32 Å². The topological polar surface area (TPSA) is 46.9 Å². The summed E-state index contributed by atoms with van der Waals surface area (Å²) in [6.45, 7) is 6.55.